The highest BCUT2D eigenvalue weighted by atomic mass is 19.1. The molecule has 1 aromatic rings. The van der Waals surface area contributed by atoms with Crippen LogP contribution < -0.4 is 0 Å². The highest BCUT2D eigenvalue weighted by Gasteiger charge is 2.28. The summed E-state index contributed by atoms with van der Waals surface area (Å²) in [5.74, 6) is -0.557. The molecule has 1 amide bonds. The first kappa shape index (κ1) is 10.6. The number of carbonyl (C=O) groups is 1. The van der Waals surface area contributed by atoms with E-state index >= 15 is 0 Å². The van der Waals surface area contributed by atoms with Gasteiger partial charge in [0.25, 0.3) is 5.91 Å². The van der Waals surface area contributed by atoms with Gasteiger partial charge in [-0.3, -0.25) is 4.79 Å². The fourth-order valence-corrected chi connectivity index (χ4v) is 1.90. The van der Waals surface area contributed by atoms with E-state index in [1.165, 1.54) is 24.3 Å². The summed E-state index contributed by atoms with van der Waals surface area (Å²) in [6, 6.07) is 7.18. The molecular weight excluding hydrogens is 207 g/mol. The molecule has 0 aromatic heterocycles. The topological polar surface area (TPSA) is 44.1 Å². The standard InChI is InChI=1S/C12H11FN2O/c13-10-5-3-9(4-6-10)12(16)15-7-1-2-11(15)8-14/h3-6,11H,1-2,7H2. The highest BCUT2D eigenvalue weighted by Crippen LogP contribution is 2.19. The van der Waals surface area contributed by atoms with Crippen LogP contribution in [0.3, 0.4) is 0 Å². The smallest absolute Gasteiger partial charge is 0.254 e. The molecule has 0 spiro atoms. The zero-order valence-corrected chi connectivity index (χ0v) is 8.69. The van der Waals surface area contributed by atoms with Crippen molar-refractivity contribution in [3.63, 3.8) is 0 Å². The molecule has 0 N–H and O–H groups in total. The molecule has 0 bridgehead atoms. The molecular formula is C12H11FN2O. The van der Waals surface area contributed by atoms with Crippen LogP contribution in [-0.4, -0.2) is 23.4 Å². The number of benzene rings is 1. The predicted molar refractivity (Wildman–Crippen MR) is 56.1 cm³/mol. The molecule has 4 heteroatoms. The van der Waals surface area contributed by atoms with Crippen LogP contribution in [0.15, 0.2) is 24.3 Å². The van der Waals surface area contributed by atoms with E-state index in [1.54, 1.807) is 4.90 Å². The second kappa shape index (κ2) is 4.31. The van der Waals surface area contributed by atoms with Crippen molar-refractivity contribution >= 4 is 5.91 Å². The molecule has 1 fully saturated rings. The zero-order chi connectivity index (χ0) is 11.5. The molecule has 1 aliphatic heterocycles. The molecule has 1 aromatic carbocycles. The van der Waals surface area contributed by atoms with Gasteiger partial charge in [-0.15, -0.1) is 0 Å². The average Bonchev–Trinajstić information content (AvgIpc) is 2.77. The maximum Gasteiger partial charge on any atom is 0.254 e. The van der Waals surface area contributed by atoms with Crippen molar-refractivity contribution in [3.8, 4) is 6.07 Å². The SMILES string of the molecule is N#CC1CCCN1C(=O)c1ccc(F)cc1. The largest absolute Gasteiger partial charge is 0.323 e. The average molecular weight is 218 g/mol. The molecule has 0 saturated carbocycles. The molecule has 82 valence electrons. The van der Waals surface area contributed by atoms with Crippen molar-refractivity contribution < 1.29 is 9.18 Å². The number of nitrogens with zero attached hydrogens (tertiary/aromatic N) is 2. The molecule has 0 radical (unpaired) electrons. The van der Waals surface area contributed by atoms with Crippen molar-refractivity contribution in [2.75, 3.05) is 6.54 Å². The van der Waals surface area contributed by atoms with E-state index in [4.69, 9.17) is 5.26 Å². The monoisotopic (exact) mass is 218 g/mol. The van der Waals surface area contributed by atoms with Gasteiger partial charge in [0.1, 0.15) is 11.9 Å². The molecule has 3 nitrogen and oxygen atoms in total. The van der Waals surface area contributed by atoms with Crippen LogP contribution in [-0.2, 0) is 0 Å². The molecule has 1 unspecified atom stereocenters. The first-order chi connectivity index (χ1) is 7.72. The summed E-state index contributed by atoms with van der Waals surface area (Å²) in [4.78, 5) is 13.5. The Morgan fingerprint density at radius 1 is 1.44 bits per heavy atom. The third-order valence-electron chi connectivity index (χ3n) is 2.75. The summed E-state index contributed by atoms with van der Waals surface area (Å²) in [6.45, 7) is 0.606. The van der Waals surface area contributed by atoms with Crippen LogP contribution in [0.2, 0.25) is 0 Å². The predicted octanol–water partition coefficient (Wildman–Crippen LogP) is 1.95. The summed E-state index contributed by atoms with van der Waals surface area (Å²) in [5, 5.41) is 8.87. The third kappa shape index (κ3) is 1.89. The normalized spacial score (nSPS) is 19.5. The van der Waals surface area contributed by atoms with E-state index in [9.17, 15) is 9.18 Å². The minimum Gasteiger partial charge on any atom is -0.323 e. The van der Waals surface area contributed by atoms with E-state index in [2.05, 4.69) is 6.07 Å². The summed E-state index contributed by atoms with van der Waals surface area (Å²) in [7, 11) is 0. The summed E-state index contributed by atoms with van der Waals surface area (Å²) < 4.78 is 12.7. The van der Waals surface area contributed by atoms with Gasteiger partial charge >= 0.3 is 0 Å². The van der Waals surface area contributed by atoms with Gasteiger partial charge in [-0.25, -0.2) is 4.39 Å². The number of likely N-dealkylation sites (tertiary alicyclic amines) is 1. The van der Waals surface area contributed by atoms with Crippen LogP contribution >= 0.6 is 0 Å². The van der Waals surface area contributed by atoms with E-state index in [0.29, 0.717) is 12.1 Å². The summed E-state index contributed by atoms with van der Waals surface area (Å²) in [5.41, 5.74) is 0.434. The summed E-state index contributed by atoms with van der Waals surface area (Å²) in [6.07, 6.45) is 1.58. The number of hydrogen-bond donors (Lipinski definition) is 0. The highest BCUT2D eigenvalue weighted by molar-refractivity contribution is 5.94. The Morgan fingerprint density at radius 3 is 2.75 bits per heavy atom. The lowest BCUT2D eigenvalue weighted by Crippen LogP contribution is -2.34. The van der Waals surface area contributed by atoms with Crippen LogP contribution in [0.1, 0.15) is 23.2 Å². The van der Waals surface area contributed by atoms with Gasteiger partial charge in [0.05, 0.1) is 6.07 Å². The molecule has 16 heavy (non-hydrogen) atoms. The second-order valence-electron chi connectivity index (χ2n) is 3.79. The first-order valence-electron chi connectivity index (χ1n) is 5.18. The number of hydrogen-bond acceptors (Lipinski definition) is 2. The fraction of sp³-hybridized carbons (Fsp3) is 0.333. The van der Waals surface area contributed by atoms with E-state index in [0.717, 1.165) is 12.8 Å². The van der Waals surface area contributed by atoms with Gasteiger partial charge in [-0.1, -0.05) is 0 Å². The van der Waals surface area contributed by atoms with Crippen molar-refractivity contribution in [1.29, 1.82) is 5.26 Å². The fourth-order valence-electron chi connectivity index (χ4n) is 1.90. The van der Waals surface area contributed by atoms with Gasteiger partial charge in [0, 0.05) is 12.1 Å². The van der Waals surface area contributed by atoms with E-state index in [1.807, 2.05) is 0 Å². The van der Waals surface area contributed by atoms with E-state index < -0.39 is 0 Å². The van der Waals surface area contributed by atoms with Gasteiger partial charge in [0.2, 0.25) is 0 Å². The van der Waals surface area contributed by atoms with Gasteiger partial charge in [-0.2, -0.15) is 5.26 Å². The zero-order valence-electron chi connectivity index (χ0n) is 8.69. The van der Waals surface area contributed by atoms with Crippen molar-refractivity contribution in [2.24, 2.45) is 0 Å². The Balaban J connectivity index is 2.19. The van der Waals surface area contributed by atoms with Crippen molar-refractivity contribution in [3.05, 3.63) is 35.6 Å². The Morgan fingerprint density at radius 2 is 2.12 bits per heavy atom. The molecule has 1 aliphatic rings. The second-order valence-corrected chi connectivity index (χ2v) is 3.79. The number of carbonyl (C=O) groups excluding carboxylic acids is 1. The lowest BCUT2D eigenvalue weighted by atomic mass is 10.2. The van der Waals surface area contributed by atoms with Crippen molar-refractivity contribution in [2.45, 2.75) is 18.9 Å². The molecule has 1 heterocycles. The lowest BCUT2D eigenvalue weighted by Gasteiger charge is -2.19. The van der Waals surface area contributed by atoms with Gasteiger partial charge in [0.15, 0.2) is 0 Å². The number of rotatable bonds is 1. The molecule has 2 rings (SSSR count). The Hall–Kier alpha value is -1.89. The minimum absolute atomic E-state index is 0.191. The lowest BCUT2D eigenvalue weighted by molar-refractivity contribution is 0.0765. The van der Waals surface area contributed by atoms with Crippen LogP contribution in [0.5, 0.6) is 0 Å². The Labute approximate surface area is 93.1 Å². The van der Waals surface area contributed by atoms with Gasteiger partial charge in [-0.05, 0) is 37.1 Å². The molecule has 0 aliphatic carbocycles. The maximum atomic E-state index is 12.7. The molecule has 1 atom stereocenters. The van der Waals surface area contributed by atoms with Crippen LogP contribution in [0, 0.1) is 17.1 Å². The summed E-state index contributed by atoms with van der Waals surface area (Å²) >= 11 is 0. The Bertz CT molecular complexity index is 435. The van der Waals surface area contributed by atoms with E-state index in [-0.39, 0.29) is 17.8 Å². The Kier molecular flexibility index (Phi) is 2.86. The number of nitriles is 1. The maximum absolute atomic E-state index is 12.7. The van der Waals surface area contributed by atoms with Crippen molar-refractivity contribution in [1.82, 2.24) is 4.90 Å². The molecule has 1 saturated heterocycles. The quantitative estimate of drug-likeness (QED) is 0.723. The third-order valence-corrected chi connectivity index (χ3v) is 2.75. The number of amides is 1. The van der Waals surface area contributed by atoms with Crippen LogP contribution in [0.4, 0.5) is 4.39 Å². The first-order valence-corrected chi connectivity index (χ1v) is 5.18. The number of halogens is 1. The van der Waals surface area contributed by atoms with Crippen LogP contribution in [0.25, 0.3) is 0 Å². The van der Waals surface area contributed by atoms with Gasteiger partial charge < -0.3 is 4.90 Å². The minimum atomic E-state index is -0.366.